The molecule has 0 bridgehead atoms. The Morgan fingerprint density at radius 3 is 2.82 bits per heavy atom. The van der Waals surface area contributed by atoms with Crippen molar-refractivity contribution >= 4 is 11.9 Å². The lowest BCUT2D eigenvalue weighted by Crippen LogP contribution is -2.00. The van der Waals surface area contributed by atoms with Crippen LogP contribution in [0, 0.1) is 0 Å². The molecule has 0 aliphatic heterocycles. The molecule has 3 N–H and O–H groups in total. The number of nitrogen functional groups attached to an aromatic ring is 1. The summed E-state index contributed by atoms with van der Waals surface area (Å²) in [5, 5.41) is 12.4. The van der Waals surface area contributed by atoms with Crippen molar-refractivity contribution in [2.75, 3.05) is 12.8 Å². The van der Waals surface area contributed by atoms with Gasteiger partial charge in [-0.05, 0) is 6.07 Å². The molecule has 0 atom stereocenters. The third kappa shape index (κ3) is 1.80. The third-order valence-corrected chi connectivity index (χ3v) is 2.30. The Labute approximate surface area is 96.6 Å². The molecule has 0 spiro atoms. The summed E-state index contributed by atoms with van der Waals surface area (Å²) >= 11 is 0. The predicted octanol–water partition coefficient (Wildman–Crippen LogP) is 1.63. The monoisotopic (exact) mass is 234 g/mol. The van der Waals surface area contributed by atoms with E-state index in [1.165, 1.54) is 7.11 Å². The number of methoxy groups -OCH3 is 1. The summed E-state index contributed by atoms with van der Waals surface area (Å²) < 4.78 is 9.84. The molecule has 0 saturated heterocycles. The zero-order valence-corrected chi connectivity index (χ0v) is 9.01. The van der Waals surface area contributed by atoms with Crippen LogP contribution in [0.3, 0.4) is 0 Å². The van der Waals surface area contributed by atoms with Gasteiger partial charge in [-0.2, -0.15) is 0 Å². The molecule has 0 fully saturated rings. The molecule has 0 radical (unpaired) electrons. The molecule has 1 aromatic carbocycles. The van der Waals surface area contributed by atoms with E-state index >= 15 is 0 Å². The zero-order chi connectivity index (χ0) is 12.4. The standard InChI is InChI=1S/C11H10N2O4/c1-16-7-5-3-2-4-6(7)8-9(11(14)15)13-17-10(8)12/h2-5H,12H2,1H3,(H,14,15). The molecule has 2 rings (SSSR count). The van der Waals surface area contributed by atoms with Gasteiger partial charge in [0.1, 0.15) is 5.75 Å². The van der Waals surface area contributed by atoms with Crippen LogP contribution in [-0.2, 0) is 0 Å². The number of rotatable bonds is 3. The SMILES string of the molecule is COc1ccccc1-c1c(C(=O)O)noc1N. The number of aromatic nitrogens is 1. The van der Waals surface area contributed by atoms with Gasteiger partial charge in [0.15, 0.2) is 0 Å². The number of carbonyl (C=O) groups is 1. The van der Waals surface area contributed by atoms with Crippen molar-refractivity contribution in [1.82, 2.24) is 5.16 Å². The number of ether oxygens (including phenoxy) is 1. The van der Waals surface area contributed by atoms with Gasteiger partial charge >= 0.3 is 5.97 Å². The van der Waals surface area contributed by atoms with Crippen molar-refractivity contribution in [3.63, 3.8) is 0 Å². The van der Waals surface area contributed by atoms with E-state index in [1.807, 2.05) is 0 Å². The zero-order valence-electron chi connectivity index (χ0n) is 9.01. The molecule has 0 amide bonds. The van der Waals surface area contributed by atoms with E-state index in [1.54, 1.807) is 24.3 Å². The van der Waals surface area contributed by atoms with Gasteiger partial charge in [-0.25, -0.2) is 4.79 Å². The van der Waals surface area contributed by atoms with Crippen LogP contribution in [0.25, 0.3) is 11.1 Å². The lowest BCUT2D eigenvalue weighted by Gasteiger charge is -2.06. The van der Waals surface area contributed by atoms with Crippen LogP contribution in [0.1, 0.15) is 10.5 Å². The molecule has 0 aliphatic carbocycles. The summed E-state index contributed by atoms with van der Waals surface area (Å²) in [6.45, 7) is 0. The van der Waals surface area contributed by atoms with Gasteiger partial charge in [0, 0.05) is 5.56 Å². The molecule has 0 unspecified atom stereocenters. The minimum absolute atomic E-state index is 0.0492. The van der Waals surface area contributed by atoms with E-state index in [0.717, 1.165) is 0 Å². The first kappa shape index (κ1) is 11.0. The Morgan fingerprint density at radius 2 is 2.18 bits per heavy atom. The van der Waals surface area contributed by atoms with Crippen LogP contribution in [0.4, 0.5) is 5.88 Å². The lowest BCUT2D eigenvalue weighted by molar-refractivity contribution is 0.0686. The number of para-hydroxylation sites is 1. The van der Waals surface area contributed by atoms with Crippen molar-refractivity contribution < 1.29 is 19.2 Å². The van der Waals surface area contributed by atoms with Crippen LogP contribution in [-0.4, -0.2) is 23.3 Å². The smallest absolute Gasteiger partial charge is 0.358 e. The number of nitrogens with two attached hydrogens (primary N) is 1. The van der Waals surface area contributed by atoms with E-state index in [9.17, 15) is 4.79 Å². The van der Waals surface area contributed by atoms with Crippen LogP contribution in [0.5, 0.6) is 5.75 Å². The summed E-state index contributed by atoms with van der Waals surface area (Å²) in [6.07, 6.45) is 0. The fraction of sp³-hybridized carbons (Fsp3) is 0.0909. The summed E-state index contributed by atoms with van der Waals surface area (Å²) in [5.41, 5.74) is 6.12. The summed E-state index contributed by atoms with van der Waals surface area (Å²) in [4.78, 5) is 11.0. The van der Waals surface area contributed by atoms with Crippen molar-refractivity contribution in [2.45, 2.75) is 0 Å². The molecule has 2 aromatic rings. The van der Waals surface area contributed by atoms with Crippen molar-refractivity contribution in [2.24, 2.45) is 0 Å². The van der Waals surface area contributed by atoms with Gasteiger partial charge in [0.25, 0.3) is 0 Å². The van der Waals surface area contributed by atoms with Gasteiger partial charge in [-0.1, -0.05) is 23.4 Å². The largest absolute Gasteiger partial charge is 0.496 e. The van der Waals surface area contributed by atoms with Gasteiger partial charge < -0.3 is 20.1 Å². The molecule has 0 aliphatic rings. The van der Waals surface area contributed by atoms with E-state index in [4.69, 9.17) is 20.1 Å². The van der Waals surface area contributed by atoms with Gasteiger partial charge in [-0.3, -0.25) is 0 Å². The highest BCUT2D eigenvalue weighted by atomic mass is 16.5. The molecule has 1 aromatic heterocycles. The second-order valence-corrected chi connectivity index (χ2v) is 3.28. The summed E-state index contributed by atoms with van der Waals surface area (Å²) in [7, 11) is 1.49. The maximum Gasteiger partial charge on any atom is 0.358 e. The number of aromatic carboxylic acids is 1. The molecular weight excluding hydrogens is 224 g/mol. The van der Waals surface area contributed by atoms with Crippen LogP contribution >= 0.6 is 0 Å². The van der Waals surface area contributed by atoms with Crippen molar-refractivity contribution in [1.29, 1.82) is 0 Å². The topological polar surface area (TPSA) is 98.6 Å². The van der Waals surface area contributed by atoms with E-state index in [-0.39, 0.29) is 17.1 Å². The quantitative estimate of drug-likeness (QED) is 0.837. The molecule has 88 valence electrons. The Kier molecular flexibility index (Phi) is 2.70. The number of carboxylic acids is 1. The third-order valence-electron chi connectivity index (χ3n) is 2.30. The Morgan fingerprint density at radius 1 is 1.47 bits per heavy atom. The lowest BCUT2D eigenvalue weighted by atomic mass is 10.0. The molecule has 6 heteroatoms. The van der Waals surface area contributed by atoms with Gasteiger partial charge in [-0.15, -0.1) is 0 Å². The highest BCUT2D eigenvalue weighted by Gasteiger charge is 2.23. The number of anilines is 1. The van der Waals surface area contributed by atoms with Gasteiger partial charge in [0.05, 0.1) is 12.7 Å². The number of carboxylic acid groups (broad SMARTS) is 1. The normalized spacial score (nSPS) is 10.2. The second-order valence-electron chi connectivity index (χ2n) is 3.28. The molecule has 17 heavy (non-hydrogen) atoms. The summed E-state index contributed by atoms with van der Waals surface area (Å²) in [6, 6.07) is 6.91. The first-order valence-corrected chi connectivity index (χ1v) is 4.77. The minimum atomic E-state index is -1.20. The average Bonchev–Trinajstić information content (AvgIpc) is 2.71. The molecule has 1 heterocycles. The summed E-state index contributed by atoms with van der Waals surface area (Å²) in [5.74, 6) is -0.747. The minimum Gasteiger partial charge on any atom is -0.496 e. The van der Waals surface area contributed by atoms with E-state index < -0.39 is 5.97 Å². The Bertz CT molecular complexity index is 562. The first-order chi connectivity index (χ1) is 8.15. The maximum absolute atomic E-state index is 11.0. The predicted molar refractivity (Wildman–Crippen MR) is 59.9 cm³/mol. The Hall–Kier alpha value is -2.50. The van der Waals surface area contributed by atoms with E-state index in [2.05, 4.69) is 5.16 Å². The van der Waals surface area contributed by atoms with Crippen molar-refractivity contribution in [3.05, 3.63) is 30.0 Å². The first-order valence-electron chi connectivity index (χ1n) is 4.77. The number of benzene rings is 1. The highest BCUT2D eigenvalue weighted by molar-refractivity contribution is 5.97. The Balaban J connectivity index is 2.67. The van der Waals surface area contributed by atoms with Crippen LogP contribution < -0.4 is 10.5 Å². The average molecular weight is 234 g/mol. The fourth-order valence-electron chi connectivity index (χ4n) is 1.56. The van der Waals surface area contributed by atoms with E-state index in [0.29, 0.717) is 11.3 Å². The maximum atomic E-state index is 11.0. The van der Waals surface area contributed by atoms with Crippen LogP contribution in [0.15, 0.2) is 28.8 Å². The second kappa shape index (κ2) is 4.17. The number of nitrogens with zero attached hydrogens (tertiary/aromatic N) is 1. The molecular formula is C11H10N2O4. The van der Waals surface area contributed by atoms with Crippen LogP contribution in [0.2, 0.25) is 0 Å². The van der Waals surface area contributed by atoms with Crippen molar-refractivity contribution in [3.8, 4) is 16.9 Å². The molecule has 0 saturated carbocycles. The highest BCUT2D eigenvalue weighted by Crippen LogP contribution is 2.36. The molecule has 6 nitrogen and oxygen atoms in total. The fourth-order valence-corrected chi connectivity index (χ4v) is 1.56. The number of hydrogen-bond donors (Lipinski definition) is 2. The number of hydrogen-bond acceptors (Lipinski definition) is 5. The van der Waals surface area contributed by atoms with Gasteiger partial charge in [0.2, 0.25) is 11.6 Å².